The molecule has 1 aliphatic rings. The molecular formula is C17H26N2O3. The van der Waals surface area contributed by atoms with Crippen molar-refractivity contribution >= 4 is 5.91 Å². The molecule has 0 bridgehead atoms. The number of carbonyl (C=O) groups excluding carboxylic acids is 1. The fourth-order valence-corrected chi connectivity index (χ4v) is 2.43. The number of rotatable bonds is 5. The number of carbonyl (C=O) groups is 1. The molecule has 2 N–H and O–H groups in total. The van der Waals surface area contributed by atoms with Gasteiger partial charge in [0.05, 0.1) is 12.2 Å². The van der Waals surface area contributed by atoms with Gasteiger partial charge in [-0.15, -0.1) is 0 Å². The van der Waals surface area contributed by atoms with Crippen LogP contribution in [0.15, 0.2) is 18.2 Å². The molecule has 22 heavy (non-hydrogen) atoms. The van der Waals surface area contributed by atoms with Gasteiger partial charge in [-0.1, -0.05) is 12.5 Å². The topological polar surface area (TPSA) is 71.5 Å². The molecule has 1 fully saturated rings. The van der Waals surface area contributed by atoms with Crippen molar-refractivity contribution in [2.24, 2.45) is 5.92 Å². The van der Waals surface area contributed by atoms with Gasteiger partial charge in [0.15, 0.2) is 0 Å². The van der Waals surface area contributed by atoms with Crippen molar-refractivity contribution in [2.45, 2.75) is 64.7 Å². The summed E-state index contributed by atoms with van der Waals surface area (Å²) in [5.74, 6) is 0.266. The van der Waals surface area contributed by atoms with Crippen molar-refractivity contribution in [3.05, 3.63) is 23.9 Å². The van der Waals surface area contributed by atoms with Crippen molar-refractivity contribution in [2.75, 3.05) is 0 Å². The molecule has 0 radical (unpaired) electrons. The highest BCUT2D eigenvalue weighted by molar-refractivity contribution is 5.84. The molecule has 5 nitrogen and oxygen atoms in total. The molecule has 0 aliphatic heterocycles. The van der Waals surface area contributed by atoms with Crippen LogP contribution in [0.5, 0.6) is 5.88 Å². The third-order valence-electron chi connectivity index (χ3n) is 3.98. The smallest absolute Gasteiger partial charge is 0.252 e. The summed E-state index contributed by atoms with van der Waals surface area (Å²) in [7, 11) is 0. The maximum atomic E-state index is 12.2. The van der Waals surface area contributed by atoms with Crippen molar-refractivity contribution in [3.63, 3.8) is 0 Å². The number of amides is 1. The van der Waals surface area contributed by atoms with Gasteiger partial charge in [-0.3, -0.25) is 4.79 Å². The molecule has 1 unspecified atom stereocenters. The van der Waals surface area contributed by atoms with E-state index in [1.54, 1.807) is 13.0 Å². The van der Waals surface area contributed by atoms with Crippen LogP contribution in [0.1, 0.15) is 52.7 Å². The van der Waals surface area contributed by atoms with E-state index in [1.807, 2.05) is 32.9 Å². The van der Waals surface area contributed by atoms with Crippen LogP contribution in [0.25, 0.3) is 0 Å². The number of pyridine rings is 1. The minimum Gasteiger partial charge on any atom is -0.472 e. The maximum Gasteiger partial charge on any atom is 0.252 e. The summed E-state index contributed by atoms with van der Waals surface area (Å²) in [4.78, 5) is 16.5. The second kappa shape index (κ2) is 6.24. The minimum absolute atomic E-state index is 0.0658. The summed E-state index contributed by atoms with van der Waals surface area (Å²) in [6.45, 7) is 7.75. The Labute approximate surface area is 132 Å². The summed E-state index contributed by atoms with van der Waals surface area (Å²) in [6, 6.07) is 5.47. The molecule has 1 amide bonds. The summed E-state index contributed by atoms with van der Waals surface area (Å²) in [6.07, 6.45) is 2.91. The van der Waals surface area contributed by atoms with E-state index < -0.39 is 5.60 Å². The van der Waals surface area contributed by atoms with Gasteiger partial charge in [-0.25, -0.2) is 4.98 Å². The fourth-order valence-electron chi connectivity index (χ4n) is 2.43. The van der Waals surface area contributed by atoms with Crippen LogP contribution in [0.3, 0.4) is 0 Å². The Bertz CT molecular complexity index is 531. The van der Waals surface area contributed by atoms with E-state index in [0.717, 1.165) is 19.3 Å². The molecule has 1 heterocycles. The Hall–Kier alpha value is -1.62. The Kier molecular flexibility index (Phi) is 4.75. The zero-order valence-electron chi connectivity index (χ0n) is 13.8. The first-order valence-corrected chi connectivity index (χ1v) is 7.84. The Morgan fingerprint density at radius 1 is 1.36 bits per heavy atom. The summed E-state index contributed by atoms with van der Waals surface area (Å²) >= 11 is 0. The van der Waals surface area contributed by atoms with Gasteiger partial charge in [0.25, 0.3) is 5.91 Å². The van der Waals surface area contributed by atoms with Gasteiger partial charge < -0.3 is 15.2 Å². The molecule has 0 aromatic carbocycles. The number of hydrogen-bond acceptors (Lipinski definition) is 4. The molecule has 0 spiro atoms. The average Bonchev–Trinajstić information content (AvgIpc) is 2.31. The summed E-state index contributed by atoms with van der Waals surface area (Å²) in [5.41, 5.74) is -0.903. The highest BCUT2D eigenvalue weighted by Crippen LogP contribution is 2.36. The summed E-state index contributed by atoms with van der Waals surface area (Å²) in [5, 5.41) is 13.1. The highest BCUT2D eigenvalue weighted by atomic mass is 16.5. The Morgan fingerprint density at radius 2 is 2.05 bits per heavy atom. The molecule has 2 rings (SSSR count). The molecule has 1 aliphatic carbocycles. The first kappa shape index (κ1) is 16.7. The van der Waals surface area contributed by atoms with E-state index in [4.69, 9.17) is 4.74 Å². The molecule has 1 aromatic heterocycles. The van der Waals surface area contributed by atoms with Crippen LogP contribution in [0.4, 0.5) is 0 Å². The van der Waals surface area contributed by atoms with E-state index in [1.165, 1.54) is 0 Å². The quantitative estimate of drug-likeness (QED) is 0.876. The van der Waals surface area contributed by atoms with Gasteiger partial charge in [0.1, 0.15) is 11.2 Å². The van der Waals surface area contributed by atoms with Gasteiger partial charge in [-0.2, -0.15) is 0 Å². The van der Waals surface area contributed by atoms with Crippen molar-refractivity contribution in [1.82, 2.24) is 10.3 Å². The molecule has 1 aromatic rings. The first-order valence-electron chi connectivity index (χ1n) is 7.84. The average molecular weight is 306 g/mol. The predicted molar refractivity (Wildman–Crippen MR) is 84.4 cm³/mol. The Morgan fingerprint density at radius 3 is 2.59 bits per heavy atom. The van der Waals surface area contributed by atoms with E-state index in [0.29, 0.717) is 11.6 Å². The minimum atomic E-state index is -1.29. The van der Waals surface area contributed by atoms with Gasteiger partial charge in [0, 0.05) is 6.07 Å². The SMILES string of the molecule is CC(C)(C)Oc1cccc(CNC(=O)C(C)(O)C2CCC2)n1. The lowest BCUT2D eigenvalue weighted by Crippen LogP contribution is -2.51. The van der Waals surface area contributed by atoms with Crippen LogP contribution < -0.4 is 10.1 Å². The second-order valence-corrected chi connectivity index (χ2v) is 7.14. The zero-order valence-corrected chi connectivity index (χ0v) is 13.8. The van der Waals surface area contributed by atoms with Crippen molar-refractivity contribution < 1.29 is 14.6 Å². The molecule has 1 atom stereocenters. The Balaban J connectivity index is 1.93. The maximum absolute atomic E-state index is 12.2. The van der Waals surface area contributed by atoms with Crippen LogP contribution in [-0.4, -0.2) is 27.2 Å². The normalized spacial score (nSPS) is 18.2. The monoisotopic (exact) mass is 306 g/mol. The van der Waals surface area contributed by atoms with Crippen LogP contribution >= 0.6 is 0 Å². The number of nitrogens with zero attached hydrogens (tertiary/aromatic N) is 1. The van der Waals surface area contributed by atoms with Crippen molar-refractivity contribution in [1.29, 1.82) is 0 Å². The number of hydrogen-bond donors (Lipinski definition) is 2. The predicted octanol–water partition coefficient (Wildman–Crippen LogP) is 2.43. The standard InChI is InChI=1S/C17H26N2O3/c1-16(2,3)22-14-10-6-9-13(19-14)11-18-15(20)17(4,21)12-7-5-8-12/h6,9-10,12,21H,5,7-8,11H2,1-4H3,(H,18,20). The van der Waals surface area contributed by atoms with Gasteiger partial charge >= 0.3 is 0 Å². The summed E-state index contributed by atoms with van der Waals surface area (Å²) < 4.78 is 5.71. The van der Waals surface area contributed by atoms with Crippen LogP contribution in [0, 0.1) is 5.92 Å². The lowest BCUT2D eigenvalue weighted by atomic mass is 9.73. The lowest BCUT2D eigenvalue weighted by Gasteiger charge is -2.37. The van der Waals surface area contributed by atoms with E-state index in [9.17, 15) is 9.90 Å². The van der Waals surface area contributed by atoms with Gasteiger partial charge in [0.2, 0.25) is 5.88 Å². The van der Waals surface area contributed by atoms with Crippen LogP contribution in [0.2, 0.25) is 0 Å². The molecular weight excluding hydrogens is 280 g/mol. The second-order valence-electron chi connectivity index (χ2n) is 7.14. The van der Waals surface area contributed by atoms with E-state index >= 15 is 0 Å². The number of nitrogens with one attached hydrogen (secondary N) is 1. The lowest BCUT2D eigenvalue weighted by molar-refractivity contribution is -0.147. The third-order valence-corrected chi connectivity index (χ3v) is 3.98. The number of ether oxygens (including phenoxy) is 1. The zero-order chi connectivity index (χ0) is 16.4. The molecule has 5 heteroatoms. The third kappa shape index (κ3) is 4.19. The van der Waals surface area contributed by atoms with Crippen molar-refractivity contribution in [3.8, 4) is 5.88 Å². The molecule has 122 valence electrons. The fraction of sp³-hybridized carbons (Fsp3) is 0.647. The molecule has 0 saturated heterocycles. The largest absolute Gasteiger partial charge is 0.472 e. The van der Waals surface area contributed by atoms with E-state index in [-0.39, 0.29) is 24.0 Å². The first-order chi connectivity index (χ1) is 10.2. The highest BCUT2D eigenvalue weighted by Gasteiger charge is 2.42. The number of aliphatic hydroxyl groups is 1. The molecule has 1 saturated carbocycles. The van der Waals surface area contributed by atoms with Crippen LogP contribution in [-0.2, 0) is 11.3 Å². The number of aromatic nitrogens is 1. The van der Waals surface area contributed by atoms with Gasteiger partial charge in [-0.05, 0) is 52.5 Å². The van der Waals surface area contributed by atoms with E-state index in [2.05, 4.69) is 10.3 Å².